The molecule has 0 aliphatic carbocycles. The number of aromatic nitrogens is 3. The Hall–Kier alpha value is -1.68. The fourth-order valence-corrected chi connectivity index (χ4v) is 4.99. The van der Waals surface area contributed by atoms with Gasteiger partial charge < -0.3 is 4.90 Å². The predicted octanol–water partition coefficient (Wildman–Crippen LogP) is 1.73. The Balaban J connectivity index is 1.57. The number of nitrogens with zero attached hydrogens (tertiary/aromatic N) is 4. The molecule has 1 amide bonds. The number of carbonyl (C=O) groups is 1. The van der Waals surface area contributed by atoms with E-state index in [4.69, 9.17) is 23.2 Å². The van der Waals surface area contributed by atoms with E-state index in [1.807, 2.05) is 0 Å². The third-order valence-electron chi connectivity index (χ3n) is 4.23. The molecule has 0 saturated carbocycles. The van der Waals surface area contributed by atoms with Crippen molar-refractivity contribution in [3.05, 3.63) is 40.6 Å². The standard InChI is InChI=1S/C15H17Cl2N5O3S/c16-12-2-1-3-13(17)15(12)26(24,25)19-10-14(23)21-7-4-11(5-8-21)22-9-6-18-20-22/h1-3,6,9,11,19H,4-5,7-8,10H2. The molecule has 1 aliphatic heterocycles. The van der Waals surface area contributed by atoms with Gasteiger partial charge in [0.15, 0.2) is 0 Å². The van der Waals surface area contributed by atoms with Crippen LogP contribution < -0.4 is 4.72 Å². The van der Waals surface area contributed by atoms with Gasteiger partial charge in [0.25, 0.3) is 0 Å². The molecule has 0 bridgehead atoms. The van der Waals surface area contributed by atoms with Gasteiger partial charge in [-0.15, -0.1) is 5.10 Å². The second kappa shape index (κ2) is 7.91. The van der Waals surface area contributed by atoms with Gasteiger partial charge in [-0.2, -0.15) is 0 Å². The smallest absolute Gasteiger partial charge is 0.244 e. The Morgan fingerprint density at radius 1 is 1.23 bits per heavy atom. The van der Waals surface area contributed by atoms with Crippen molar-refractivity contribution in [3.63, 3.8) is 0 Å². The van der Waals surface area contributed by atoms with Crippen LogP contribution in [0.15, 0.2) is 35.5 Å². The molecule has 1 saturated heterocycles. The number of amides is 1. The summed E-state index contributed by atoms with van der Waals surface area (Å²) in [5, 5.41) is 7.77. The first kappa shape index (κ1) is 19.1. The number of nitrogens with one attached hydrogen (secondary N) is 1. The minimum absolute atomic E-state index is 0.00564. The average molecular weight is 418 g/mol. The van der Waals surface area contributed by atoms with E-state index >= 15 is 0 Å². The van der Waals surface area contributed by atoms with E-state index in [-0.39, 0.29) is 33.4 Å². The molecule has 3 rings (SSSR count). The van der Waals surface area contributed by atoms with Crippen molar-refractivity contribution in [3.8, 4) is 0 Å². The molecule has 140 valence electrons. The molecule has 0 unspecified atom stereocenters. The molecule has 0 radical (unpaired) electrons. The highest BCUT2D eigenvalue weighted by Gasteiger charge is 2.26. The van der Waals surface area contributed by atoms with Crippen LogP contribution in [-0.2, 0) is 14.8 Å². The molecular formula is C15H17Cl2N5O3S. The Morgan fingerprint density at radius 2 is 1.88 bits per heavy atom. The highest BCUT2D eigenvalue weighted by molar-refractivity contribution is 7.89. The first-order valence-corrected chi connectivity index (χ1v) is 10.2. The van der Waals surface area contributed by atoms with Crippen LogP contribution >= 0.6 is 23.2 Å². The normalized spacial score (nSPS) is 16.0. The minimum Gasteiger partial charge on any atom is -0.341 e. The molecule has 11 heteroatoms. The summed E-state index contributed by atoms with van der Waals surface area (Å²) in [7, 11) is -3.99. The van der Waals surface area contributed by atoms with E-state index in [2.05, 4.69) is 15.0 Å². The number of carbonyl (C=O) groups excluding carboxylic acids is 1. The van der Waals surface area contributed by atoms with E-state index in [1.54, 1.807) is 28.0 Å². The highest BCUT2D eigenvalue weighted by atomic mass is 35.5. The van der Waals surface area contributed by atoms with Gasteiger partial charge in [0.1, 0.15) is 4.90 Å². The summed E-state index contributed by atoms with van der Waals surface area (Å²) in [4.78, 5) is 13.7. The third kappa shape index (κ3) is 4.17. The van der Waals surface area contributed by atoms with Crippen molar-refractivity contribution >= 4 is 39.1 Å². The number of hydrogen-bond donors (Lipinski definition) is 1. The quantitative estimate of drug-likeness (QED) is 0.798. The molecule has 2 aromatic rings. The fraction of sp³-hybridized carbons (Fsp3) is 0.400. The zero-order chi connectivity index (χ0) is 18.7. The lowest BCUT2D eigenvalue weighted by atomic mass is 10.1. The number of piperidine rings is 1. The van der Waals surface area contributed by atoms with Crippen molar-refractivity contribution in [2.45, 2.75) is 23.8 Å². The van der Waals surface area contributed by atoms with E-state index < -0.39 is 10.0 Å². The lowest BCUT2D eigenvalue weighted by molar-refractivity contribution is -0.131. The molecule has 0 spiro atoms. The van der Waals surface area contributed by atoms with Gasteiger partial charge in [-0.05, 0) is 25.0 Å². The Morgan fingerprint density at radius 3 is 2.46 bits per heavy atom. The Labute approximate surface area is 161 Å². The van der Waals surface area contributed by atoms with Crippen LogP contribution in [0.2, 0.25) is 10.0 Å². The van der Waals surface area contributed by atoms with Crippen LogP contribution in [0.25, 0.3) is 0 Å². The number of benzene rings is 1. The van der Waals surface area contributed by atoms with Crippen molar-refractivity contribution in [1.82, 2.24) is 24.6 Å². The second-order valence-electron chi connectivity index (χ2n) is 5.87. The van der Waals surface area contributed by atoms with Crippen LogP contribution in [0.1, 0.15) is 18.9 Å². The maximum absolute atomic E-state index is 12.4. The second-order valence-corrected chi connectivity index (χ2v) is 8.39. The van der Waals surface area contributed by atoms with E-state index in [0.717, 1.165) is 12.8 Å². The summed E-state index contributed by atoms with van der Waals surface area (Å²) < 4.78 is 28.9. The van der Waals surface area contributed by atoms with Gasteiger partial charge in [-0.3, -0.25) is 4.79 Å². The Kier molecular flexibility index (Phi) is 5.81. The molecule has 1 aromatic carbocycles. The summed E-state index contributed by atoms with van der Waals surface area (Å²) >= 11 is 11.9. The number of rotatable bonds is 5. The van der Waals surface area contributed by atoms with Gasteiger partial charge in [-0.25, -0.2) is 17.8 Å². The molecule has 1 aliphatic rings. The maximum Gasteiger partial charge on any atom is 0.244 e. The summed E-state index contributed by atoms with van der Waals surface area (Å²) in [5.41, 5.74) is 0. The SMILES string of the molecule is O=C(CNS(=O)(=O)c1c(Cl)cccc1Cl)N1CCC(n2ccnn2)CC1. The molecular weight excluding hydrogens is 401 g/mol. The fourth-order valence-electron chi connectivity index (χ4n) is 2.87. The average Bonchev–Trinajstić information content (AvgIpc) is 3.14. The first-order chi connectivity index (χ1) is 12.4. The van der Waals surface area contributed by atoms with Crippen molar-refractivity contribution < 1.29 is 13.2 Å². The molecule has 1 N–H and O–H groups in total. The topological polar surface area (TPSA) is 97.2 Å². The zero-order valence-corrected chi connectivity index (χ0v) is 16.0. The van der Waals surface area contributed by atoms with E-state index in [9.17, 15) is 13.2 Å². The first-order valence-electron chi connectivity index (χ1n) is 7.96. The predicted molar refractivity (Wildman–Crippen MR) is 96.5 cm³/mol. The largest absolute Gasteiger partial charge is 0.341 e. The van der Waals surface area contributed by atoms with Crippen molar-refractivity contribution in [1.29, 1.82) is 0 Å². The minimum atomic E-state index is -3.99. The maximum atomic E-state index is 12.4. The van der Waals surface area contributed by atoms with Crippen LogP contribution in [0.5, 0.6) is 0 Å². The molecule has 2 heterocycles. The van der Waals surface area contributed by atoms with Crippen LogP contribution in [0.3, 0.4) is 0 Å². The molecule has 8 nitrogen and oxygen atoms in total. The zero-order valence-electron chi connectivity index (χ0n) is 13.7. The van der Waals surface area contributed by atoms with E-state index in [0.29, 0.717) is 13.1 Å². The van der Waals surface area contributed by atoms with Crippen LogP contribution in [0, 0.1) is 0 Å². The van der Waals surface area contributed by atoms with Crippen molar-refractivity contribution in [2.24, 2.45) is 0 Å². The van der Waals surface area contributed by atoms with Gasteiger partial charge in [-0.1, -0.05) is 34.5 Å². The van der Waals surface area contributed by atoms with Crippen LogP contribution in [-0.4, -0.2) is 53.9 Å². The summed E-state index contributed by atoms with van der Waals surface area (Å²) in [5.74, 6) is -0.297. The van der Waals surface area contributed by atoms with Gasteiger partial charge in [0, 0.05) is 19.3 Å². The molecule has 0 atom stereocenters. The Bertz CT molecular complexity index is 860. The number of hydrogen-bond acceptors (Lipinski definition) is 5. The number of likely N-dealkylation sites (tertiary alicyclic amines) is 1. The third-order valence-corrected chi connectivity index (χ3v) is 6.59. The number of halogens is 2. The summed E-state index contributed by atoms with van der Waals surface area (Å²) in [6, 6.07) is 4.60. The van der Waals surface area contributed by atoms with Gasteiger partial charge >= 0.3 is 0 Å². The van der Waals surface area contributed by atoms with Crippen molar-refractivity contribution in [2.75, 3.05) is 19.6 Å². The monoisotopic (exact) mass is 417 g/mol. The van der Waals surface area contributed by atoms with Gasteiger partial charge in [0.05, 0.1) is 28.8 Å². The van der Waals surface area contributed by atoms with E-state index in [1.165, 1.54) is 12.1 Å². The molecule has 1 fully saturated rings. The van der Waals surface area contributed by atoms with Gasteiger partial charge in [0.2, 0.25) is 15.9 Å². The summed E-state index contributed by atoms with van der Waals surface area (Å²) in [6.07, 6.45) is 4.88. The highest BCUT2D eigenvalue weighted by Crippen LogP contribution is 2.28. The molecule has 1 aromatic heterocycles. The molecule has 26 heavy (non-hydrogen) atoms. The lowest BCUT2D eigenvalue weighted by Crippen LogP contribution is -2.44. The van der Waals surface area contributed by atoms with Crippen LogP contribution in [0.4, 0.5) is 0 Å². The summed E-state index contributed by atoms with van der Waals surface area (Å²) in [6.45, 7) is 0.702. The lowest BCUT2D eigenvalue weighted by Gasteiger charge is -2.31. The number of sulfonamides is 1.